The van der Waals surface area contributed by atoms with E-state index in [4.69, 9.17) is 50.5 Å². The first kappa shape index (κ1) is 12.8. The lowest BCUT2D eigenvalue weighted by Crippen LogP contribution is -2.48. The molecule has 1 aliphatic rings. The molecular formula is C14H20Cl4N2+2. The molecule has 0 bridgehead atoms. The highest BCUT2D eigenvalue weighted by molar-refractivity contribution is 6.52. The van der Waals surface area contributed by atoms with Gasteiger partial charge in [0.15, 0.2) is 0 Å². The molecule has 6 heteroatoms. The summed E-state index contributed by atoms with van der Waals surface area (Å²) in [6.07, 6.45) is 0. The van der Waals surface area contributed by atoms with Crippen molar-refractivity contribution in [2.75, 3.05) is 41.2 Å². The molecular weight excluding hydrogens is 338 g/mol. The summed E-state index contributed by atoms with van der Waals surface area (Å²) in [7, 11) is 6.10. The second-order valence-electron chi connectivity index (χ2n) is 6.41. The largest absolute Gasteiger partial charge is 0.326 e. The molecule has 0 aromatic heterocycles. The van der Waals surface area contributed by atoms with Gasteiger partial charge in [0, 0.05) is 11.1 Å². The molecule has 0 spiro atoms. The maximum Gasteiger partial charge on any atom is 0.129 e. The standard InChI is InChI=1S/C14H20Cl4N2/c1-19(2,3)5-6-20(4)7-9-10(8-20)12(16)14(18)13(17)11(9)15/h5-8H2,1-4H3/q+2/i4T3. The molecule has 0 fully saturated rings. The van der Waals surface area contributed by atoms with Gasteiger partial charge in [-0.15, -0.1) is 0 Å². The van der Waals surface area contributed by atoms with E-state index in [0.717, 1.165) is 0 Å². The van der Waals surface area contributed by atoms with Crippen molar-refractivity contribution in [2.45, 2.75) is 13.1 Å². The van der Waals surface area contributed by atoms with Crippen LogP contribution in [0.2, 0.25) is 20.1 Å². The smallest absolute Gasteiger partial charge is 0.129 e. The fraction of sp³-hybridized carbons (Fsp3) is 0.571. The number of likely N-dealkylation sites (N-methyl/N-ethyl adjacent to an activating group) is 2. The second kappa shape index (κ2) is 5.49. The fourth-order valence-corrected chi connectivity index (χ4v) is 3.41. The fourth-order valence-electron chi connectivity index (χ4n) is 2.36. The Bertz CT molecular complexity index is 602. The van der Waals surface area contributed by atoms with Crippen LogP contribution in [-0.4, -0.2) is 50.2 Å². The number of hydrogen-bond donors (Lipinski definition) is 0. The monoisotopic (exact) mass is 362 g/mol. The number of fused-ring (bicyclic) bond motifs is 1. The molecule has 0 aliphatic carbocycles. The Morgan fingerprint density at radius 2 is 1.40 bits per heavy atom. The van der Waals surface area contributed by atoms with Gasteiger partial charge in [0.25, 0.3) is 0 Å². The summed E-state index contributed by atoms with van der Waals surface area (Å²) in [5.74, 6) is 0. The van der Waals surface area contributed by atoms with E-state index in [9.17, 15) is 0 Å². The van der Waals surface area contributed by atoms with Crippen molar-refractivity contribution in [1.82, 2.24) is 0 Å². The van der Waals surface area contributed by atoms with Crippen LogP contribution in [0, 0.1) is 0 Å². The van der Waals surface area contributed by atoms with Crippen LogP contribution < -0.4 is 0 Å². The van der Waals surface area contributed by atoms with Crippen molar-refractivity contribution in [1.29, 1.82) is 0 Å². The van der Waals surface area contributed by atoms with E-state index in [1.54, 1.807) is 0 Å². The van der Waals surface area contributed by atoms with Crippen molar-refractivity contribution in [3.8, 4) is 0 Å². The van der Waals surface area contributed by atoms with Crippen LogP contribution in [0.5, 0.6) is 0 Å². The van der Waals surface area contributed by atoms with Crippen LogP contribution >= 0.6 is 46.4 Å². The van der Waals surface area contributed by atoms with Crippen LogP contribution in [0.15, 0.2) is 0 Å². The minimum Gasteiger partial charge on any atom is -0.326 e. The summed E-state index contributed by atoms with van der Waals surface area (Å²) in [6, 6.07) is 0. The molecule has 0 amide bonds. The Kier molecular flexibility index (Phi) is 3.52. The van der Waals surface area contributed by atoms with Gasteiger partial charge in [0.2, 0.25) is 0 Å². The van der Waals surface area contributed by atoms with Gasteiger partial charge in [-0.2, -0.15) is 0 Å². The van der Waals surface area contributed by atoms with Crippen LogP contribution in [0.25, 0.3) is 0 Å². The molecule has 0 saturated carbocycles. The SMILES string of the molecule is [3H]C([3H])([3H])[N+]1(CC[N+](C)(C)C)Cc2c(Cl)c(Cl)c(Cl)c(Cl)c2C1. The Morgan fingerprint density at radius 3 is 1.75 bits per heavy atom. The number of halogens is 4. The van der Waals surface area contributed by atoms with Crippen molar-refractivity contribution in [2.24, 2.45) is 0 Å². The Labute approximate surface area is 145 Å². The van der Waals surface area contributed by atoms with E-state index in [0.29, 0.717) is 38.7 Å². The Hall–Kier alpha value is 0.300. The van der Waals surface area contributed by atoms with Crippen LogP contribution in [0.1, 0.15) is 15.2 Å². The third-order valence-corrected chi connectivity index (χ3v) is 5.47. The van der Waals surface area contributed by atoms with Crippen LogP contribution in [-0.2, 0) is 13.1 Å². The number of rotatable bonds is 3. The highest BCUT2D eigenvalue weighted by Crippen LogP contribution is 2.46. The van der Waals surface area contributed by atoms with E-state index in [2.05, 4.69) is 0 Å². The number of hydrogen-bond acceptors (Lipinski definition) is 0. The Balaban J connectivity index is 2.50. The molecule has 2 rings (SSSR count). The third kappa shape index (κ3) is 3.21. The van der Waals surface area contributed by atoms with Crippen molar-refractivity contribution >= 4 is 46.4 Å². The summed E-state index contributed by atoms with van der Waals surface area (Å²) in [5, 5.41) is 1.000. The lowest BCUT2D eigenvalue weighted by Gasteiger charge is -2.33. The zero-order valence-corrected chi connectivity index (χ0v) is 14.8. The molecule has 1 aliphatic heterocycles. The third-order valence-electron chi connectivity index (χ3n) is 3.59. The average molecular weight is 364 g/mol. The molecule has 0 N–H and O–H groups in total. The predicted molar refractivity (Wildman–Crippen MR) is 87.8 cm³/mol. The van der Waals surface area contributed by atoms with Crippen LogP contribution in [0.3, 0.4) is 0 Å². The molecule has 2 nitrogen and oxygen atoms in total. The highest BCUT2D eigenvalue weighted by atomic mass is 35.5. The lowest BCUT2D eigenvalue weighted by atomic mass is 10.1. The summed E-state index contributed by atoms with van der Waals surface area (Å²) in [5.41, 5.74) is 1.40. The molecule has 0 saturated heterocycles. The van der Waals surface area contributed by atoms with E-state index in [-0.39, 0.29) is 27.6 Å². The minimum absolute atomic E-state index is 0.0893. The van der Waals surface area contributed by atoms with Gasteiger partial charge >= 0.3 is 0 Å². The predicted octanol–water partition coefficient (Wildman–Crippen LogP) is 4.47. The molecule has 1 aromatic rings. The van der Waals surface area contributed by atoms with Gasteiger partial charge in [-0.05, 0) is 0 Å². The topological polar surface area (TPSA) is 0 Å². The lowest BCUT2D eigenvalue weighted by molar-refractivity contribution is -0.961. The second-order valence-corrected chi connectivity index (χ2v) is 7.92. The van der Waals surface area contributed by atoms with E-state index < -0.39 is 6.98 Å². The molecule has 1 heterocycles. The van der Waals surface area contributed by atoms with Gasteiger partial charge < -0.3 is 8.97 Å². The highest BCUT2D eigenvalue weighted by Gasteiger charge is 2.38. The van der Waals surface area contributed by atoms with Crippen LogP contribution in [0.4, 0.5) is 0 Å². The number of benzene rings is 1. The Morgan fingerprint density at radius 1 is 0.950 bits per heavy atom. The summed E-state index contributed by atoms with van der Waals surface area (Å²) in [6.45, 7) is -0.429. The molecule has 112 valence electrons. The van der Waals surface area contributed by atoms with Gasteiger partial charge in [-0.3, -0.25) is 0 Å². The summed E-state index contributed by atoms with van der Waals surface area (Å²) in [4.78, 5) is 0. The van der Waals surface area contributed by atoms with E-state index in [1.807, 2.05) is 21.1 Å². The zero-order valence-electron chi connectivity index (χ0n) is 14.7. The van der Waals surface area contributed by atoms with Gasteiger partial charge in [-0.1, -0.05) is 46.4 Å². The average Bonchev–Trinajstić information content (AvgIpc) is 2.81. The molecule has 20 heavy (non-hydrogen) atoms. The minimum atomic E-state index is -2.18. The normalized spacial score (nSPS) is 20.2. The van der Waals surface area contributed by atoms with Crippen molar-refractivity contribution in [3.05, 3.63) is 31.2 Å². The molecule has 0 unspecified atom stereocenters. The first-order chi connectivity index (χ1) is 10.3. The maximum atomic E-state index is 8.06. The number of nitrogens with zero attached hydrogens (tertiary/aromatic N) is 2. The zero-order chi connectivity index (χ0) is 17.8. The molecule has 0 atom stereocenters. The van der Waals surface area contributed by atoms with E-state index >= 15 is 0 Å². The van der Waals surface area contributed by atoms with Gasteiger partial charge in [0.05, 0.1) is 52.3 Å². The molecule has 1 aromatic carbocycles. The molecule has 0 radical (unpaired) electrons. The van der Waals surface area contributed by atoms with Gasteiger partial charge in [0.1, 0.15) is 26.2 Å². The summed E-state index contributed by atoms with van der Waals surface area (Å²) < 4.78 is 24.8. The van der Waals surface area contributed by atoms with Gasteiger partial charge in [-0.25, -0.2) is 0 Å². The summed E-state index contributed by atoms with van der Waals surface area (Å²) >= 11 is 24.9. The quantitative estimate of drug-likeness (QED) is 0.422. The first-order valence-electron chi connectivity index (χ1n) is 7.79. The van der Waals surface area contributed by atoms with Crippen molar-refractivity contribution in [3.63, 3.8) is 0 Å². The van der Waals surface area contributed by atoms with Crippen molar-refractivity contribution < 1.29 is 13.1 Å². The maximum absolute atomic E-state index is 8.06. The first-order valence-corrected chi connectivity index (χ1v) is 7.81. The number of quaternary nitrogens is 2. The van der Waals surface area contributed by atoms with E-state index in [1.165, 1.54) is 0 Å².